The Bertz CT molecular complexity index is 367. The first-order chi connectivity index (χ1) is 6.59. The van der Waals surface area contributed by atoms with Gasteiger partial charge < -0.3 is 15.6 Å². The summed E-state index contributed by atoms with van der Waals surface area (Å²) in [6.07, 6.45) is -0.608. The van der Waals surface area contributed by atoms with E-state index in [1.165, 1.54) is 0 Å². The first kappa shape index (κ1) is 9.96. The van der Waals surface area contributed by atoms with E-state index in [4.69, 9.17) is 10.5 Å². The SMILES string of the molecule is Cc1cc2c(cc1Br)OCC(O)C2N. The van der Waals surface area contributed by atoms with Crippen LogP contribution >= 0.6 is 15.9 Å². The lowest BCUT2D eigenvalue weighted by atomic mass is 9.97. The lowest BCUT2D eigenvalue weighted by molar-refractivity contribution is 0.0678. The zero-order valence-corrected chi connectivity index (χ0v) is 9.41. The third kappa shape index (κ3) is 1.54. The molecule has 0 spiro atoms. The molecule has 0 fully saturated rings. The van der Waals surface area contributed by atoms with Crippen LogP contribution in [0.4, 0.5) is 0 Å². The number of aliphatic hydroxyl groups is 1. The summed E-state index contributed by atoms with van der Waals surface area (Å²) in [5.41, 5.74) is 7.84. The predicted octanol–water partition coefficient (Wildman–Crippen LogP) is 1.51. The molecule has 1 heterocycles. The van der Waals surface area contributed by atoms with Gasteiger partial charge in [0.15, 0.2) is 0 Å². The monoisotopic (exact) mass is 257 g/mol. The number of fused-ring (bicyclic) bond motifs is 1. The summed E-state index contributed by atoms with van der Waals surface area (Å²) in [6.45, 7) is 2.25. The Kier molecular flexibility index (Phi) is 2.51. The van der Waals surface area contributed by atoms with Crippen molar-refractivity contribution in [2.45, 2.75) is 19.1 Å². The van der Waals surface area contributed by atoms with Gasteiger partial charge in [0, 0.05) is 10.0 Å². The smallest absolute Gasteiger partial charge is 0.125 e. The standard InChI is InChI=1S/C10H12BrNO2/c1-5-2-6-9(3-7(5)11)14-4-8(13)10(6)12/h2-3,8,10,13H,4,12H2,1H3. The van der Waals surface area contributed by atoms with Gasteiger partial charge in [0.2, 0.25) is 0 Å². The van der Waals surface area contributed by atoms with E-state index in [0.717, 1.165) is 21.3 Å². The van der Waals surface area contributed by atoms with Crippen molar-refractivity contribution in [3.8, 4) is 5.75 Å². The molecule has 1 aliphatic rings. The molecular weight excluding hydrogens is 246 g/mol. The van der Waals surface area contributed by atoms with Gasteiger partial charge in [-0.25, -0.2) is 0 Å². The van der Waals surface area contributed by atoms with E-state index in [1.807, 2.05) is 19.1 Å². The largest absolute Gasteiger partial charge is 0.490 e. The Morgan fingerprint density at radius 1 is 1.57 bits per heavy atom. The zero-order valence-electron chi connectivity index (χ0n) is 7.83. The third-order valence-corrected chi connectivity index (χ3v) is 3.33. The van der Waals surface area contributed by atoms with E-state index < -0.39 is 6.10 Å². The summed E-state index contributed by atoms with van der Waals surface area (Å²) in [6, 6.07) is 3.51. The molecule has 0 bridgehead atoms. The lowest BCUT2D eigenvalue weighted by Gasteiger charge is -2.28. The second-order valence-corrected chi connectivity index (χ2v) is 4.40. The van der Waals surface area contributed by atoms with Crippen molar-refractivity contribution >= 4 is 15.9 Å². The summed E-state index contributed by atoms with van der Waals surface area (Å²) < 4.78 is 6.38. The van der Waals surface area contributed by atoms with Crippen LogP contribution in [0.5, 0.6) is 5.75 Å². The van der Waals surface area contributed by atoms with E-state index in [9.17, 15) is 5.11 Å². The molecule has 14 heavy (non-hydrogen) atoms. The number of rotatable bonds is 0. The second kappa shape index (κ2) is 3.53. The Hall–Kier alpha value is -0.580. The van der Waals surface area contributed by atoms with Crippen LogP contribution in [0.2, 0.25) is 0 Å². The number of nitrogens with two attached hydrogens (primary N) is 1. The first-order valence-electron chi connectivity index (χ1n) is 4.46. The van der Waals surface area contributed by atoms with Crippen molar-refractivity contribution < 1.29 is 9.84 Å². The van der Waals surface area contributed by atoms with Crippen molar-refractivity contribution in [3.05, 3.63) is 27.7 Å². The zero-order chi connectivity index (χ0) is 10.3. The van der Waals surface area contributed by atoms with E-state index in [-0.39, 0.29) is 12.6 Å². The van der Waals surface area contributed by atoms with Crippen molar-refractivity contribution in [2.24, 2.45) is 5.73 Å². The maximum atomic E-state index is 9.52. The summed E-state index contributed by atoms with van der Waals surface area (Å²) in [7, 11) is 0. The van der Waals surface area contributed by atoms with E-state index in [2.05, 4.69) is 15.9 Å². The number of benzene rings is 1. The second-order valence-electron chi connectivity index (χ2n) is 3.54. The van der Waals surface area contributed by atoms with Crippen LogP contribution in [0.3, 0.4) is 0 Å². The minimum atomic E-state index is -0.608. The van der Waals surface area contributed by atoms with Crippen LogP contribution in [0.25, 0.3) is 0 Å². The Morgan fingerprint density at radius 3 is 3.00 bits per heavy atom. The number of aliphatic hydroxyl groups excluding tert-OH is 1. The van der Waals surface area contributed by atoms with Crippen molar-refractivity contribution in [3.63, 3.8) is 0 Å². The summed E-state index contributed by atoms with van der Waals surface area (Å²) in [4.78, 5) is 0. The van der Waals surface area contributed by atoms with Gasteiger partial charge in [-0.3, -0.25) is 0 Å². The molecule has 0 saturated heterocycles. The normalized spacial score (nSPS) is 25.4. The average Bonchev–Trinajstić information content (AvgIpc) is 2.15. The average molecular weight is 258 g/mol. The molecule has 4 heteroatoms. The highest BCUT2D eigenvalue weighted by atomic mass is 79.9. The summed E-state index contributed by atoms with van der Waals surface area (Å²) >= 11 is 3.43. The molecule has 2 atom stereocenters. The van der Waals surface area contributed by atoms with Gasteiger partial charge in [-0.2, -0.15) is 0 Å². The van der Waals surface area contributed by atoms with Gasteiger partial charge in [-0.1, -0.05) is 15.9 Å². The van der Waals surface area contributed by atoms with Crippen LogP contribution < -0.4 is 10.5 Å². The molecule has 76 valence electrons. The third-order valence-electron chi connectivity index (χ3n) is 2.47. The summed E-state index contributed by atoms with van der Waals surface area (Å²) in [5.74, 6) is 0.764. The van der Waals surface area contributed by atoms with Gasteiger partial charge in [0.25, 0.3) is 0 Å². The maximum absolute atomic E-state index is 9.52. The first-order valence-corrected chi connectivity index (χ1v) is 5.25. The van der Waals surface area contributed by atoms with Gasteiger partial charge in [0.05, 0.1) is 6.04 Å². The highest BCUT2D eigenvalue weighted by molar-refractivity contribution is 9.10. The number of hydrogen-bond donors (Lipinski definition) is 2. The van der Waals surface area contributed by atoms with E-state index in [0.29, 0.717) is 0 Å². The Labute approximate surface area is 91.0 Å². The molecule has 0 saturated carbocycles. The molecule has 2 rings (SSSR count). The number of ether oxygens (including phenoxy) is 1. The number of aryl methyl sites for hydroxylation is 1. The fourth-order valence-electron chi connectivity index (χ4n) is 1.56. The molecule has 1 aromatic rings. The summed E-state index contributed by atoms with van der Waals surface area (Å²) in [5, 5.41) is 9.52. The number of hydrogen-bond acceptors (Lipinski definition) is 3. The van der Waals surface area contributed by atoms with Crippen molar-refractivity contribution in [2.75, 3.05) is 6.61 Å². The molecule has 0 aromatic heterocycles. The quantitative estimate of drug-likeness (QED) is 0.741. The van der Waals surface area contributed by atoms with Crippen LogP contribution in [-0.2, 0) is 0 Å². The Morgan fingerprint density at radius 2 is 2.29 bits per heavy atom. The molecule has 0 amide bonds. The van der Waals surface area contributed by atoms with Gasteiger partial charge in [-0.15, -0.1) is 0 Å². The van der Waals surface area contributed by atoms with Crippen LogP contribution in [0.15, 0.2) is 16.6 Å². The van der Waals surface area contributed by atoms with Gasteiger partial charge in [-0.05, 0) is 24.6 Å². The van der Waals surface area contributed by atoms with Gasteiger partial charge >= 0.3 is 0 Å². The minimum absolute atomic E-state index is 0.268. The molecule has 0 aliphatic carbocycles. The maximum Gasteiger partial charge on any atom is 0.125 e. The van der Waals surface area contributed by atoms with Crippen molar-refractivity contribution in [1.29, 1.82) is 0 Å². The lowest BCUT2D eigenvalue weighted by Crippen LogP contribution is -2.35. The van der Waals surface area contributed by atoms with Gasteiger partial charge in [0.1, 0.15) is 18.5 Å². The molecule has 3 nitrogen and oxygen atoms in total. The van der Waals surface area contributed by atoms with Crippen LogP contribution in [0, 0.1) is 6.92 Å². The molecule has 1 aromatic carbocycles. The fraction of sp³-hybridized carbons (Fsp3) is 0.400. The minimum Gasteiger partial charge on any atom is -0.490 e. The fourth-order valence-corrected chi connectivity index (χ4v) is 1.88. The van der Waals surface area contributed by atoms with Crippen LogP contribution in [0.1, 0.15) is 17.2 Å². The predicted molar refractivity (Wildman–Crippen MR) is 57.3 cm³/mol. The van der Waals surface area contributed by atoms with E-state index >= 15 is 0 Å². The van der Waals surface area contributed by atoms with Crippen LogP contribution in [-0.4, -0.2) is 17.8 Å². The molecule has 2 unspecified atom stereocenters. The highest BCUT2D eigenvalue weighted by Gasteiger charge is 2.26. The molecular formula is C10H12BrNO2. The molecule has 3 N–H and O–H groups in total. The topological polar surface area (TPSA) is 55.5 Å². The van der Waals surface area contributed by atoms with Crippen molar-refractivity contribution in [1.82, 2.24) is 0 Å². The highest BCUT2D eigenvalue weighted by Crippen LogP contribution is 2.34. The van der Waals surface area contributed by atoms with E-state index in [1.54, 1.807) is 0 Å². The Balaban J connectivity index is 2.50. The molecule has 1 aliphatic heterocycles. The molecule has 0 radical (unpaired) electrons. The number of halogens is 1.